The Kier molecular flexibility index (Phi) is 7.57. The third-order valence-corrected chi connectivity index (χ3v) is 6.30. The molecule has 3 aromatic carbocycles. The number of likely N-dealkylation sites (N-methyl/N-ethyl adjacent to an activating group) is 1. The van der Waals surface area contributed by atoms with Crippen LogP contribution >= 0.6 is 0 Å². The van der Waals surface area contributed by atoms with Crippen LogP contribution < -0.4 is 16.4 Å². The van der Waals surface area contributed by atoms with Gasteiger partial charge in [-0.15, -0.1) is 0 Å². The van der Waals surface area contributed by atoms with Gasteiger partial charge in [0.05, 0.1) is 17.3 Å². The summed E-state index contributed by atoms with van der Waals surface area (Å²) in [6.07, 6.45) is 3.21. The van der Waals surface area contributed by atoms with Crippen LogP contribution in [0, 0.1) is 11.7 Å². The van der Waals surface area contributed by atoms with Crippen molar-refractivity contribution in [1.82, 2.24) is 4.90 Å². The van der Waals surface area contributed by atoms with E-state index >= 15 is 0 Å². The predicted molar refractivity (Wildman–Crippen MR) is 138 cm³/mol. The molecule has 7 heteroatoms. The van der Waals surface area contributed by atoms with Crippen LogP contribution in [-0.4, -0.2) is 36.3 Å². The molecule has 1 fully saturated rings. The Bertz CT molecular complexity index is 1210. The van der Waals surface area contributed by atoms with Gasteiger partial charge in [0.25, 0.3) is 0 Å². The Labute approximate surface area is 204 Å². The lowest BCUT2D eigenvalue weighted by Crippen LogP contribution is -2.28. The fraction of sp³-hybridized carbons (Fsp3) is 0.214. The van der Waals surface area contributed by atoms with Gasteiger partial charge in [0.15, 0.2) is 0 Å². The maximum Gasteiger partial charge on any atom is 0.248 e. The van der Waals surface area contributed by atoms with Crippen LogP contribution in [0.3, 0.4) is 0 Å². The monoisotopic (exact) mass is 472 g/mol. The lowest BCUT2D eigenvalue weighted by molar-refractivity contribution is -0.120. The first kappa shape index (κ1) is 24.2. The molecule has 0 aromatic heterocycles. The van der Waals surface area contributed by atoms with Crippen molar-refractivity contribution < 1.29 is 14.0 Å². The molecule has 4 N–H and O–H groups in total. The van der Waals surface area contributed by atoms with Crippen LogP contribution in [0.1, 0.15) is 24.0 Å². The van der Waals surface area contributed by atoms with E-state index in [4.69, 9.17) is 5.73 Å². The Morgan fingerprint density at radius 1 is 1.00 bits per heavy atom. The number of para-hydroxylation sites is 2. The minimum atomic E-state index is -0.338. The second-order valence-electron chi connectivity index (χ2n) is 8.64. The Balaban J connectivity index is 1.42. The molecular weight excluding hydrogens is 443 g/mol. The molecule has 1 saturated heterocycles. The highest BCUT2D eigenvalue weighted by Crippen LogP contribution is 2.34. The minimum absolute atomic E-state index is 0.0396. The van der Waals surface area contributed by atoms with E-state index in [0.29, 0.717) is 23.6 Å². The van der Waals surface area contributed by atoms with E-state index in [-0.39, 0.29) is 29.5 Å². The average molecular weight is 473 g/mol. The molecule has 180 valence electrons. The van der Waals surface area contributed by atoms with E-state index in [2.05, 4.69) is 22.5 Å². The lowest BCUT2D eigenvalue weighted by atomic mass is 9.88. The number of rotatable bonds is 7. The van der Waals surface area contributed by atoms with Gasteiger partial charge in [0.1, 0.15) is 5.82 Å². The molecule has 0 radical (unpaired) electrons. The van der Waals surface area contributed by atoms with Crippen LogP contribution in [0.25, 0.3) is 6.08 Å². The van der Waals surface area contributed by atoms with Crippen LogP contribution in [0.5, 0.6) is 0 Å². The van der Waals surface area contributed by atoms with Crippen molar-refractivity contribution >= 4 is 35.0 Å². The smallest absolute Gasteiger partial charge is 0.248 e. The Morgan fingerprint density at radius 3 is 2.40 bits per heavy atom. The number of carbonyl (C=O) groups excluding carboxylic acids is 2. The van der Waals surface area contributed by atoms with Gasteiger partial charge in [0.2, 0.25) is 11.8 Å². The average Bonchev–Trinajstić information content (AvgIpc) is 3.31. The zero-order valence-corrected chi connectivity index (χ0v) is 19.6. The molecule has 0 spiro atoms. The second kappa shape index (κ2) is 11.0. The number of anilines is 3. The Morgan fingerprint density at radius 2 is 1.71 bits per heavy atom. The van der Waals surface area contributed by atoms with Crippen molar-refractivity contribution in [3.63, 3.8) is 0 Å². The lowest BCUT2D eigenvalue weighted by Gasteiger charge is -2.19. The molecule has 2 amide bonds. The number of nitrogens with one attached hydrogen (secondary N) is 2. The van der Waals surface area contributed by atoms with Crippen molar-refractivity contribution in [2.24, 2.45) is 5.92 Å². The largest absolute Gasteiger partial charge is 0.397 e. The van der Waals surface area contributed by atoms with E-state index in [1.165, 1.54) is 18.2 Å². The second-order valence-corrected chi connectivity index (χ2v) is 8.64. The number of hydrogen-bond donors (Lipinski definition) is 3. The molecule has 35 heavy (non-hydrogen) atoms. The normalized spacial score (nSPS) is 18.0. The van der Waals surface area contributed by atoms with Crippen molar-refractivity contribution in [3.8, 4) is 0 Å². The molecule has 3 aromatic rings. The molecule has 2 atom stereocenters. The summed E-state index contributed by atoms with van der Waals surface area (Å²) in [5.41, 5.74) is 9.48. The number of amides is 2. The number of benzene rings is 3. The molecule has 0 bridgehead atoms. The van der Waals surface area contributed by atoms with E-state index in [0.717, 1.165) is 24.2 Å². The standard InChI is InChI=1S/C28H29FN4O2/c1-2-33-17-23(24(18-33)28(35)31-22-14-12-21(29)13-15-22)20-10-7-19(8-11-20)9-16-27(34)32-26-6-4-3-5-25(26)30/h3-16,23-24H,2,17-18,30H2,1H3,(H,31,35)(H,32,34)/b16-9+. The van der Waals surface area contributed by atoms with Crippen LogP contribution in [0.15, 0.2) is 78.9 Å². The highest BCUT2D eigenvalue weighted by atomic mass is 19.1. The number of carbonyl (C=O) groups is 2. The number of halogens is 1. The molecule has 0 saturated carbocycles. The molecule has 1 heterocycles. The summed E-state index contributed by atoms with van der Waals surface area (Å²) in [7, 11) is 0. The SMILES string of the molecule is CCN1CC(C(=O)Nc2ccc(F)cc2)C(c2ccc(/C=C/C(=O)Nc3ccccc3N)cc2)C1. The predicted octanol–water partition coefficient (Wildman–Crippen LogP) is 4.73. The number of nitrogens with two attached hydrogens (primary N) is 1. The first-order chi connectivity index (χ1) is 16.9. The van der Waals surface area contributed by atoms with Gasteiger partial charge in [-0.3, -0.25) is 9.59 Å². The van der Waals surface area contributed by atoms with E-state index in [9.17, 15) is 14.0 Å². The molecule has 0 aliphatic carbocycles. The van der Waals surface area contributed by atoms with Crippen molar-refractivity contribution in [3.05, 3.63) is 95.8 Å². The third kappa shape index (κ3) is 6.13. The van der Waals surface area contributed by atoms with Crippen LogP contribution in [-0.2, 0) is 9.59 Å². The topological polar surface area (TPSA) is 87.5 Å². The third-order valence-electron chi connectivity index (χ3n) is 6.30. The number of hydrogen-bond acceptors (Lipinski definition) is 4. The van der Waals surface area contributed by atoms with Gasteiger partial charge in [-0.1, -0.05) is 43.3 Å². The van der Waals surface area contributed by atoms with Crippen LogP contribution in [0.4, 0.5) is 21.5 Å². The summed E-state index contributed by atoms with van der Waals surface area (Å²) in [5.74, 6) is -0.853. The highest BCUT2D eigenvalue weighted by Gasteiger charge is 2.37. The fourth-order valence-corrected chi connectivity index (χ4v) is 4.33. The minimum Gasteiger partial charge on any atom is -0.397 e. The molecule has 1 aliphatic heterocycles. The maximum absolute atomic E-state index is 13.2. The summed E-state index contributed by atoms with van der Waals surface area (Å²) in [6, 6.07) is 20.8. The van der Waals surface area contributed by atoms with Gasteiger partial charge in [0, 0.05) is 30.8 Å². The van der Waals surface area contributed by atoms with Crippen LogP contribution in [0.2, 0.25) is 0 Å². The number of nitrogen functional groups attached to an aromatic ring is 1. The van der Waals surface area contributed by atoms with Crippen molar-refractivity contribution in [2.45, 2.75) is 12.8 Å². The van der Waals surface area contributed by atoms with Gasteiger partial charge in [-0.25, -0.2) is 4.39 Å². The van der Waals surface area contributed by atoms with E-state index in [1.807, 2.05) is 36.4 Å². The quantitative estimate of drug-likeness (QED) is 0.343. The van der Waals surface area contributed by atoms with Gasteiger partial charge >= 0.3 is 0 Å². The summed E-state index contributed by atoms with van der Waals surface area (Å²) in [5, 5.41) is 5.69. The maximum atomic E-state index is 13.2. The van der Waals surface area contributed by atoms with E-state index < -0.39 is 0 Å². The van der Waals surface area contributed by atoms with Gasteiger partial charge in [-0.2, -0.15) is 0 Å². The zero-order valence-electron chi connectivity index (χ0n) is 19.6. The first-order valence-corrected chi connectivity index (χ1v) is 11.6. The van der Waals surface area contributed by atoms with Crippen molar-refractivity contribution in [1.29, 1.82) is 0 Å². The zero-order chi connectivity index (χ0) is 24.8. The summed E-state index contributed by atoms with van der Waals surface area (Å²) in [4.78, 5) is 27.6. The number of nitrogens with zero attached hydrogens (tertiary/aromatic N) is 1. The molecule has 4 rings (SSSR count). The van der Waals surface area contributed by atoms with E-state index in [1.54, 1.807) is 30.3 Å². The Hall–Kier alpha value is -3.97. The van der Waals surface area contributed by atoms with Crippen molar-refractivity contribution in [2.75, 3.05) is 36.0 Å². The summed E-state index contributed by atoms with van der Waals surface area (Å²) < 4.78 is 13.2. The molecular formula is C28H29FN4O2. The van der Waals surface area contributed by atoms with Gasteiger partial charge in [-0.05, 0) is 60.1 Å². The van der Waals surface area contributed by atoms with Gasteiger partial charge < -0.3 is 21.3 Å². The molecule has 2 unspecified atom stereocenters. The molecule has 6 nitrogen and oxygen atoms in total. The highest BCUT2D eigenvalue weighted by molar-refractivity contribution is 6.03. The number of likely N-dealkylation sites (tertiary alicyclic amines) is 1. The summed E-state index contributed by atoms with van der Waals surface area (Å²) >= 11 is 0. The fourth-order valence-electron chi connectivity index (χ4n) is 4.33. The molecule has 1 aliphatic rings. The first-order valence-electron chi connectivity index (χ1n) is 11.6. The summed E-state index contributed by atoms with van der Waals surface area (Å²) in [6.45, 7) is 4.39.